The molecule has 4 rings (SSSR count). The summed E-state index contributed by atoms with van der Waals surface area (Å²) in [7, 11) is 0. The van der Waals surface area contributed by atoms with Gasteiger partial charge in [0.25, 0.3) is 0 Å². The van der Waals surface area contributed by atoms with E-state index >= 15 is 0 Å². The molecule has 0 radical (unpaired) electrons. The van der Waals surface area contributed by atoms with Crippen LogP contribution in [-0.4, -0.2) is 16.9 Å². The summed E-state index contributed by atoms with van der Waals surface area (Å²) in [5, 5.41) is 8.94. The van der Waals surface area contributed by atoms with E-state index in [-0.39, 0.29) is 18.1 Å². The molecule has 4 aliphatic carbocycles. The highest BCUT2D eigenvalue weighted by atomic mass is 16.4. The SMILES string of the molecule is O=C(O)CC12CC3CC(CC(C3)C1=O)C2. The molecule has 0 aromatic carbocycles. The second-order valence-electron chi connectivity index (χ2n) is 5.76. The molecule has 0 aromatic heterocycles. The maximum Gasteiger partial charge on any atom is 0.304 e. The van der Waals surface area contributed by atoms with Crippen molar-refractivity contribution in [3.63, 3.8) is 0 Å². The van der Waals surface area contributed by atoms with Gasteiger partial charge in [-0.3, -0.25) is 9.59 Å². The zero-order valence-corrected chi connectivity index (χ0v) is 8.74. The molecule has 0 aromatic rings. The van der Waals surface area contributed by atoms with E-state index < -0.39 is 11.4 Å². The molecule has 4 saturated carbocycles. The molecule has 3 heteroatoms. The molecule has 4 fully saturated rings. The smallest absolute Gasteiger partial charge is 0.304 e. The third-order valence-corrected chi connectivity index (χ3v) is 4.64. The van der Waals surface area contributed by atoms with E-state index in [2.05, 4.69) is 0 Å². The lowest BCUT2D eigenvalue weighted by Gasteiger charge is -2.54. The molecule has 0 amide bonds. The number of hydrogen-bond donors (Lipinski definition) is 1. The predicted molar refractivity (Wildman–Crippen MR) is 53.2 cm³/mol. The van der Waals surface area contributed by atoms with Gasteiger partial charge in [0.2, 0.25) is 0 Å². The van der Waals surface area contributed by atoms with Crippen molar-refractivity contribution in [2.45, 2.75) is 38.5 Å². The van der Waals surface area contributed by atoms with Crippen LogP contribution in [0.15, 0.2) is 0 Å². The van der Waals surface area contributed by atoms with Crippen LogP contribution in [0.25, 0.3) is 0 Å². The Balaban J connectivity index is 1.94. The van der Waals surface area contributed by atoms with Crippen LogP contribution >= 0.6 is 0 Å². The largest absolute Gasteiger partial charge is 0.481 e. The van der Waals surface area contributed by atoms with Gasteiger partial charge < -0.3 is 5.11 Å². The number of carbonyl (C=O) groups excluding carboxylic acids is 1. The van der Waals surface area contributed by atoms with Gasteiger partial charge in [-0.2, -0.15) is 0 Å². The van der Waals surface area contributed by atoms with Crippen LogP contribution in [0.5, 0.6) is 0 Å². The normalized spacial score (nSPS) is 47.2. The van der Waals surface area contributed by atoms with Crippen molar-refractivity contribution in [3.8, 4) is 0 Å². The van der Waals surface area contributed by atoms with Gasteiger partial charge >= 0.3 is 5.97 Å². The molecule has 15 heavy (non-hydrogen) atoms. The van der Waals surface area contributed by atoms with Crippen LogP contribution in [0.4, 0.5) is 0 Å². The van der Waals surface area contributed by atoms with Crippen molar-refractivity contribution in [1.29, 1.82) is 0 Å². The number of carbonyl (C=O) groups is 2. The third-order valence-electron chi connectivity index (χ3n) is 4.64. The first-order valence-corrected chi connectivity index (χ1v) is 5.85. The van der Waals surface area contributed by atoms with Gasteiger partial charge in [0.1, 0.15) is 5.78 Å². The number of carboxylic acids is 1. The highest BCUT2D eigenvalue weighted by Gasteiger charge is 2.57. The van der Waals surface area contributed by atoms with E-state index in [0.717, 1.165) is 25.7 Å². The quantitative estimate of drug-likeness (QED) is 0.753. The fourth-order valence-corrected chi connectivity index (χ4v) is 4.46. The Bertz CT molecular complexity index is 320. The minimum absolute atomic E-state index is 0.0787. The lowest BCUT2D eigenvalue weighted by molar-refractivity contribution is -0.161. The molecular formula is C12H16O3. The van der Waals surface area contributed by atoms with Crippen molar-refractivity contribution in [3.05, 3.63) is 0 Å². The topological polar surface area (TPSA) is 54.4 Å². The monoisotopic (exact) mass is 208 g/mol. The van der Waals surface area contributed by atoms with Crippen LogP contribution in [0.3, 0.4) is 0 Å². The highest BCUT2D eigenvalue weighted by molar-refractivity contribution is 5.92. The minimum atomic E-state index is -0.801. The van der Waals surface area contributed by atoms with E-state index in [9.17, 15) is 9.59 Å². The Hall–Kier alpha value is -0.860. The van der Waals surface area contributed by atoms with E-state index in [1.807, 2.05) is 0 Å². The van der Waals surface area contributed by atoms with E-state index in [1.165, 1.54) is 6.42 Å². The second kappa shape index (κ2) is 2.83. The van der Waals surface area contributed by atoms with Gasteiger partial charge in [-0.25, -0.2) is 0 Å². The lowest BCUT2D eigenvalue weighted by Crippen LogP contribution is -2.53. The summed E-state index contributed by atoms with van der Waals surface area (Å²) in [5.74, 6) is 0.956. The van der Waals surface area contributed by atoms with Gasteiger partial charge in [-0.15, -0.1) is 0 Å². The predicted octanol–water partition coefficient (Wildman–Crippen LogP) is 1.86. The zero-order valence-electron chi connectivity index (χ0n) is 8.74. The van der Waals surface area contributed by atoms with E-state index in [0.29, 0.717) is 11.8 Å². The second-order valence-corrected chi connectivity index (χ2v) is 5.76. The minimum Gasteiger partial charge on any atom is -0.481 e. The van der Waals surface area contributed by atoms with Crippen LogP contribution in [0.1, 0.15) is 38.5 Å². The standard InChI is InChI=1S/C12H16O3/c13-10(14)6-12-4-7-1-8(5-12)3-9(2-7)11(12)15/h7-9H,1-6H2,(H,13,14). The lowest BCUT2D eigenvalue weighted by atomic mass is 9.48. The number of rotatable bonds is 2. The highest BCUT2D eigenvalue weighted by Crippen LogP contribution is 2.59. The Morgan fingerprint density at radius 3 is 2.40 bits per heavy atom. The number of ketones is 1. The van der Waals surface area contributed by atoms with Gasteiger partial charge in [-0.1, -0.05) is 0 Å². The summed E-state index contributed by atoms with van der Waals surface area (Å²) in [6, 6.07) is 0. The van der Waals surface area contributed by atoms with E-state index in [4.69, 9.17) is 5.11 Å². The summed E-state index contributed by atoms with van der Waals surface area (Å²) >= 11 is 0. The fraction of sp³-hybridized carbons (Fsp3) is 0.833. The molecular weight excluding hydrogens is 192 g/mol. The molecule has 1 N–H and O–H groups in total. The van der Waals surface area contributed by atoms with Crippen LogP contribution in [0, 0.1) is 23.2 Å². The van der Waals surface area contributed by atoms with Gasteiger partial charge in [0, 0.05) is 11.3 Å². The molecule has 0 aliphatic heterocycles. The molecule has 2 atom stereocenters. The third kappa shape index (κ3) is 1.25. The molecule has 3 nitrogen and oxygen atoms in total. The van der Waals surface area contributed by atoms with Crippen molar-refractivity contribution < 1.29 is 14.7 Å². The summed E-state index contributed by atoms with van der Waals surface area (Å²) in [6.45, 7) is 0. The van der Waals surface area contributed by atoms with Gasteiger partial charge in [-0.05, 0) is 43.9 Å². The van der Waals surface area contributed by atoms with Crippen LogP contribution in [0.2, 0.25) is 0 Å². The summed E-state index contributed by atoms with van der Waals surface area (Å²) in [5.41, 5.74) is -0.458. The van der Waals surface area contributed by atoms with Crippen molar-refractivity contribution >= 4 is 11.8 Å². The van der Waals surface area contributed by atoms with Crippen molar-refractivity contribution in [2.24, 2.45) is 23.2 Å². The first-order valence-electron chi connectivity index (χ1n) is 5.85. The fourth-order valence-electron chi connectivity index (χ4n) is 4.46. The molecule has 0 heterocycles. The average Bonchev–Trinajstić information content (AvgIpc) is 2.11. The zero-order chi connectivity index (χ0) is 10.6. The Morgan fingerprint density at radius 2 is 1.87 bits per heavy atom. The number of carboxylic acid groups (broad SMARTS) is 1. The molecule has 4 aliphatic rings. The summed E-state index contributed by atoms with van der Waals surface area (Å²) < 4.78 is 0. The molecule has 0 spiro atoms. The van der Waals surface area contributed by atoms with E-state index in [1.54, 1.807) is 0 Å². The summed E-state index contributed by atoms with van der Waals surface area (Å²) in [6.07, 6.45) is 5.10. The van der Waals surface area contributed by atoms with Gasteiger partial charge in [0.05, 0.1) is 6.42 Å². The molecule has 0 saturated heterocycles. The first kappa shape index (κ1) is 9.37. The van der Waals surface area contributed by atoms with Gasteiger partial charge in [0.15, 0.2) is 0 Å². The maximum atomic E-state index is 12.2. The first-order chi connectivity index (χ1) is 7.09. The summed E-state index contributed by atoms with van der Waals surface area (Å²) in [4.78, 5) is 23.0. The molecule has 2 unspecified atom stereocenters. The van der Waals surface area contributed by atoms with Crippen molar-refractivity contribution in [1.82, 2.24) is 0 Å². The molecule has 82 valence electrons. The number of Topliss-reactive ketones (excluding diaryl/α,β-unsaturated/α-hetero) is 1. The number of hydrogen-bond acceptors (Lipinski definition) is 2. The Labute approximate surface area is 88.9 Å². The van der Waals surface area contributed by atoms with Crippen LogP contribution < -0.4 is 0 Å². The van der Waals surface area contributed by atoms with Crippen molar-refractivity contribution in [2.75, 3.05) is 0 Å². The average molecular weight is 208 g/mol. The Kier molecular flexibility index (Phi) is 1.77. The maximum absolute atomic E-state index is 12.2. The molecule has 4 bridgehead atoms. The van der Waals surface area contributed by atoms with Crippen LogP contribution in [-0.2, 0) is 9.59 Å². The Morgan fingerprint density at radius 1 is 1.27 bits per heavy atom. The number of aliphatic carboxylic acids is 1.